The highest BCUT2D eigenvalue weighted by Crippen LogP contribution is 2.40. The first-order chi connectivity index (χ1) is 9.04. The third-order valence-electron chi connectivity index (χ3n) is 4.28. The molecule has 0 aliphatic heterocycles. The van der Waals surface area contributed by atoms with Gasteiger partial charge in [0.2, 0.25) is 0 Å². The average molecular weight is 327 g/mol. The maximum absolute atomic E-state index is 10.6. The number of aliphatic hydroxyl groups excluding tert-OH is 1. The molecule has 1 aliphatic rings. The first kappa shape index (κ1) is 14.9. The van der Waals surface area contributed by atoms with Gasteiger partial charge in [-0.2, -0.15) is 0 Å². The third-order valence-corrected chi connectivity index (χ3v) is 5.10. The van der Waals surface area contributed by atoms with Crippen LogP contribution in [0.25, 0.3) is 0 Å². The first-order valence-corrected chi connectivity index (χ1v) is 7.85. The van der Waals surface area contributed by atoms with Gasteiger partial charge in [0, 0.05) is 10.0 Å². The molecule has 0 spiro atoms. The minimum atomic E-state index is -0.422. The summed E-state index contributed by atoms with van der Waals surface area (Å²) in [5, 5.41) is 10.6. The van der Waals surface area contributed by atoms with Gasteiger partial charge in [-0.1, -0.05) is 41.6 Å². The Labute approximate surface area is 124 Å². The zero-order chi connectivity index (χ0) is 14.0. The van der Waals surface area contributed by atoms with Crippen molar-refractivity contribution in [3.63, 3.8) is 0 Å². The molecule has 1 N–H and O–H groups in total. The second kappa shape index (κ2) is 6.27. The lowest BCUT2D eigenvalue weighted by Crippen LogP contribution is -2.09. The van der Waals surface area contributed by atoms with Crippen LogP contribution in [0.4, 0.5) is 0 Å². The average Bonchev–Trinajstić information content (AvgIpc) is 2.85. The largest absolute Gasteiger partial charge is 0.496 e. The molecule has 0 aromatic heterocycles. The van der Waals surface area contributed by atoms with Gasteiger partial charge in [-0.15, -0.1) is 0 Å². The van der Waals surface area contributed by atoms with Gasteiger partial charge in [-0.3, -0.25) is 0 Å². The quantitative estimate of drug-likeness (QED) is 0.869. The van der Waals surface area contributed by atoms with Crippen LogP contribution in [0.5, 0.6) is 5.75 Å². The van der Waals surface area contributed by atoms with Crippen LogP contribution in [0.1, 0.15) is 54.9 Å². The third kappa shape index (κ3) is 3.14. The van der Waals surface area contributed by atoms with Gasteiger partial charge in [-0.25, -0.2) is 0 Å². The number of halogens is 1. The summed E-state index contributed by atoms with van der Waals surface area (Å²) in [7, 11) is 1.68. The number of hydrogen-bond donors (Lipinski definition) is 1. The Bertz CT molecular complexity index is 451. The lowest BCUT2D eigenvalue weighted by atomic mass is 9.91. The molecule has 1 aliphatic carbocycles. The Morgan fingerprint density at radius 3 is 2.58 bits per heavy atom. The number of rotatable bonds is 4. The van der Waals surface area contributed by atoms with E-state index < -0.39 is 6.10 Å². The van der Waals surface area contributed by atoms with Crippen LogP contribution in [0.2, 0.25) is 0 Å². The van der Waals surface area contributed by atoms with Gasteiger partial charge in [0.25, 0.3) is 0 Å². The Morgan fingerprint density at radius 1 is 1.37 bits per heavy atom. The minimum Gasteiger partial charge on any atom is -0.496 e. The first-order valence-electron chi connectivity index (χ1n) is 7.06. The fraction of sp³-hybridized carbons (Fsp3) is 0.625. The van der Waals surface area contributed by atoms with E-state index in [1.807, 2.05) is 13.8 Å². The lowest BCUT2D eigenvalue weighted by molar-refractivity contribution is 0.140. The van der Waals surface area contributed by atoms with Crippen molar-refractivity contribution in [2.45, 2.75) is 52.1 Å². The fourth-order valence-corrected chi connectivity index (χ4v) is 3.78. The Kier molecular flexibility index (Phi) is 4.91. The van der Waals surface area contributed by atoms with Crippen molar-refractivity contribution >= 4 is 15.9 Å². The van der Waals surface area contributed by atoms with E-state index in [0.29, 0.717) is 5.92 Å². The summed E-state index contributed by atoms with van der Waals surface area (Å²) in [5.41, 5.74) is 3.12. The van der Waals surface area contributed by atoms with Gasteiger partial charge in [0.15, 0.2) is 0 Å². The van der Waals surface area contributed by atoms with Crippen LogP contribution in [0.15, 0.2) is 10.5 Å². The SMILES string of the molecule is COc1c(C)cc(Br)c(C)c1C(O)CC1CCCC1. The van der Waals surface area contributed by atoms with Crippen molar-refractivity contribution in [1.29, 1.82) is 0 Å². The number of methoxy groups -OCH3 is 1. The van der Waals surface area contributed by atoms with Crippen LogP contribution in [-0.4, -0.2) is 12.2 Å². The van der Waals surface area contributed by atoms with Gasteiger partial charge < -0.3 is 9.84 Å². The zero-order valence-corrected chi connectivity index (χ0v) is 13.6. The van der Waals surface area contributed by atoms with E-state index in [-0.39, 0.29) is 0 Å². The molecule has 1 fully saturated rings. The van der Waals surface area contributed by atoms with Gasteiger partial charge in [0.1, 0.15) is 5.75 Å². The summed E-state index contributed by atoms with van der Waals surface area (Å²) >= 11 is 3.57. The Balaban J connectivity index is 2.30. The van der Waals surface area contributed by atoms with Crippen molar-refractivity contribution in [1.82, 2.24) is 0 Å². The molecule has 1 atom stereocenters. The summed E-state index contributed by atoms with van der Waals surface area (Å²) in [6.45, 7) is 4.06. The molecular weight excluding hydrogens is 304 g/mol. The molecule has 19 heavy (non-hydrogen) atoms. The topological polar surface area (TPSA) is 29.5 Å². The van der Waals surface area contributed by atoms with Crippen molar-refractivity contribution in [3.8, 4) is 5.75 Å². The zero-order valence-electron chi connectivity index (χ0n) is 12.0. The molecule has 1 unspecified atom stereocenters. The molecule has 1 aromatic rings. The van der Waals surface area contributed by atoms with Crippen LogP contribution in [0.3, 0.4) is 0 Å². The molecule has 2 rings (SSSR count). The van der Waals surface area contributed by atoms with Crippen LogP contribution in [0, 0.1) is 19.8 Å². The van der Waals surface area contributed by atoms with E-state index in [4.69, 9.17) is 4.74 Å². The molecule has 0 bridgehead atoms. The van der Waals surface area contributed by atoms with Crippen LogP contribution < -0.4 is 4.74 Å². The number of benzene rings is 1. The van der Waals surface area contributed by atoms with Crippen molar-refractivity contribution in [2.24, 2.45) is 5.92 Å². The number of hydrogen-bond acceptors (Lipinski definition) is 2. The highest BCUT2D eigenvalue weighted by molar-refractivity contribution is 9.10. The van der Waals surface area contributed by atoms with Crippen molar-refractivity contribution < 1.29 is 9.84 Å². The normalized spacial score (nSPS) is 17.7. The monoisotopic (exact) mass is 326 g/mol. The molecule has 2 nitrogen and oxygen atoms in total. The summed E-state index contributed by atoms with van der Waals surface area (Å²) in [5.74, 6) is 1.50. The second-order valence-electron chi connectivity index (χ2n) is 5.65. The molecule has 0 heterocycles. The summed E-state index contributed by atoms with van der Waals surface area (Å²) in [4.78, 5) is 0. The van der Waals surface area contributed by atoms with E-state index in [1.165, 1.54) is 25.7 Å². The van der Waals surface area contributed by atoms with E-state index in [1.54, 1.807) is 7.11 Å². The molecule has 0 saturated heterocycles. The van der Waals surface area contributed by atoms with Crippen LogP contribution >= 0.6 is 15.9 Å². The standard InChI is InChI=1S/C16H23BrO2/c1-10-8-13(17)11(2)15(16(10)19-3)14(18)9-12-6-4-5-7-12/h8,12,14,18H,4-7,9H2,1-3H3. The predicted octanol–water partition coefficient (Wildman–Crippen LogP) is 4.69. The fourth-order valence-electron chi connectivity index (χ4n) is 3.23. The number of ether oxygens (including phenoxy) is 1. The lowest BCUT2D eigenvalue weighted by Gasteiger charge is -2.22. The maximum atomic E-state index is 10.6. The van der Waals surface area contributed by atoms with E-state index in [0.717, 1.165) is 33.3 Å². The van der Waals surface area contributed by atoms with Gasteiger partial charge >= 0.3 is 0 Å². The summed E-state index contributed by atoms with van der Waals surface area (Å²) < 4.78 is 6.56. The Hall–Kier alpha value is -0.540. The van der Waals surface area contributed by atoms with E-state index in [9.17, 15) is 5.11 Å². The van der Waals surface area contributed by atoms with Gasteiger partial charge in [-0.05, 0) is 43.4 Å². The summed E-state index contributed by atoms with van der Waals surface area (Å²) in [6.07, 6.45) is 5.56. The molecule has 106 valence electrons. The molecule has 1 aromatic carbocycles. The number of aliphatic hydroxyl groups is 1. The maximum Gasteiger partial charge on any atom is 0.127 e. The predicted molar refractivity (Wildman–Crippen MR) is 81.7 cm³/mol. The highest BCUT2D eigenvalue weighted by atomic mass is 79.9. The van der Waals surface area contributed by atoms with Crippen LogP contribution in [-0.2, 0) is 0 Å². The van der Waals surface area contributed by atoms with E-state index in [2.05, 4.69) is 22.0 Å². The molecular formula is C16H23BrO2. The molecule has 0 amide bonds. The van der Waals surface area contributed by atoms with E-state index >= 15 is 0 Å². The van der Waals surface area contributed by atoms with Crippen molar-refractivity contribution in [2.75, 3.05) is 7.11 Å². The van der Waals surface area contributed by atoms with Gasteiger partial charge in [0.05, 0.1) is 13.2 Å². The number of aryl methyl sites for hydroxylation is 1. The Morgan fingerprint density at radius 2 is 2.00 bits per heavy atom. The summed E-state index contributed by atoms with van der Waals surface area (Å²) in [6, 6.07) is 2.06. The van der Waals surface area contributed by atoms with Crippen molar-refractivity contribution in [3.05, 3.63) is 27.2 Å². The molecule has 3 heteroatoms. The smallest absolute Gasteiger partial charge is 0.127 e. The highest BCUT2D eigenvalue weighted by Gasteiger charge is 2.24. The minimum absolute atomic E-state index is 0.422. The molecule has 0 radical (unpaired) electrons. The molecule has 1 saturated carbocycles. The second-order valence-corrected chi connectivity index (χ2v) is 6.50.